The molecule has 0 radical (unpaired) electrons. The van der Waals surface area contributed by atoms with E-state index in [-0.39, 0.29) is 28.9 Å². The molecule has 1 aliphatic rings. The molecule has 0 amide bonds. The second-order valence-corrected chi connectivity index (χ2v) is 9.75. The molecule has 1 atom stereocenters. The molecule has 4 nitrogen and oxygen atoms in total. The van der Waals surface area contributed by atoms with E-state index in [1.807, 2.05) is 0 Å². The van der Waals surface area contributed by atoms with Crippen molar-refractivity contribution in [3.63, 3.8) is 0 Å². The number of hydrogen-bond donors (Lipinski definition) is 0. The van der Waals surface area contributed by atoms with Crippen molar-refractivity contribution >= 4 is 11.9 Å². The maximum absolute atomic E-state index is 12.3. The molecule has 0 aromatic heterocycles. The molecule has 0 heterocycles. The average Bonchev–Trinajstić information content (AvgIpc) is 2.60. The fourth-order valence-electron chi connectivity index (χ4n) is 3.91. The van der Waals surface area contributed by atoms with Gasteiger partial charge in [0.1, 0.15) is 6.10 Å². The van der Waals surface area contributed by atoms with Gasteiger partial charge >= 0.3 is 11.9 Å². The largest absolute Gasteiger partial charge is 0.469 e. The van der Waals surface area contributed by atoms with Gasteiger partial charge in [-0.2, -0.15) is 0 Å². The fraction of sp³-hybridized carbons (Fsp3) is 0.833. The summed E-state index contributed by atoms with van der Waals surface area (Å²) in [5.74, 6) is -0.180. The molecule has 0 saturated heterocycles. The van der Waals surface area contributed by atoms with Crippen molar-refractivity contribution in [2.24, 2.45) is 10.8 Å². The van der Waals surface area contributed by atoms with Gasteiger partial charge < -0.3 is 9.47 Å². The second-order valence-electron chi connectivity index (χ2n) is 9.75. The van der Waals surface area contributed by atoms with E-state index >= 15 is 0 Å². The number of esters is 2. The monoisotopic (exact) mass is 394 g/mol. The number of methoxy groups -OCH3 is 1. The zero-order valence-electron chi connectivity index (χ0n) is 19.1. The van der Waals surface area contributed by atoms with Crippen molar-refractivity contribution in [1.29, 1.82) is 0 Å². The maximum Gasteiger partial charge on any atom is 0.306 e. The summed E-state index contributed by atoms with van der Waals surface area (Å²) in [7, 11) is 1.43. The number of carbonyl (C=O) groups is 2. The molecule has 162 valence electrons. The van der Waals surface area contributed by atoms with Gasteiger partial charge in [0.2, 0.25) is 0 Å². The first-order valence-electron chi connectivity index (χ1n) is 11.0. The summed E-state index contributed by atoms with van der Waals surface area (Å²) in [5, 5.41) is 0. The first kappa shape index (κ1) is 24.7. The molecule has 0 bridgehead atoms. The van der Waals surface area contributed by atoms with Crippen LogP contribution in [0.4, 0.5) is 0 Å². The molecule has 0 aromatic rings. The van der Waals surface area contributed by atoms with Crippen LogP contribution >= 0.6 is 0 Å². The van der Waals surface area contributed by atoms with Gasteiger partial charge in [0.15, 0.2) is 0 Å². The molecule has 28 heavy (non-hydrogen) atoms. The standard InChI is InChI=1S/C24H42O4/c1-19-17-23(2,3)16-15-20(18-24(19,4)5)28-22(26)14-12-10-8-7-9-11-13-21(25)27-6/h17,20H,7-16,18H2,1-6H3. The van der Waals surface area contributed by atoms with E-state index in [1.54, 1.807) is 0 Å². The molecule has 0 aliphatic heterocycles. The highest BCUT2D eigenvalue weighted by Crippen LogP contribution is 2.40. The SMILES string of the molecule is COC(=O)CCCCCCCCC(=O)OC1CCC(C)(C)C=C(C)C(C)(C)C1. The Labute approximate surface area is 172 Å². The number of hydrogen-bond acceptors (Lipinski definition) is 4. The number of allylic oxidation sites excluding steroid dienone is 2. The van der Waals surface area contributed by atoms with Gasteiger partial charge in [-0.1, -0.05) is 65.0 Å². The van der Waals surface area contributed by atoms with Crippen LogP contribution in [-0.2, 0) is 19.1 Å². The van der Waals surface area contributed by atoms with Crippen LogP contribution < -0.4 is 0 Å². The lowest BCUT2D eigenvalue weighted by molar-refractivity contribution is -0.151. The molecular weight excluding hydrogens is 352 g/mol. The van der Waals surface area contributed by atoms with Crippen LogP contribution in [0.25, 0.3) is 0 Å². The molecule has 0 N–H and O–H groups in total. The van der Waals surface area contributed by atoms with Gasteiger partial charge in [0, 0.05) is 12.8 Å². The van der Waals surface area contributed by atoms with Gasteiger partial charge in [-0.3, -0.25) is 9.59 Å². The predicted molar refractivity (Wildman–Crippen MR) is 114 cm³/mol. The first-order chi connectivity index (χ1) is 13.1. The smallest absolute Gasteiger partial charge is 0.306 e. The molecular formula is C24H42O4. The molecule has 0 spiro atoms. The number of carbonyl (C=O) groups excluding carboxylic acids is 2. The predicted octanol–water partition coefficient (Wildman–Crippen LogP) is 6.37. The van der Waals surface area contributed by atoms with E-state index < -0.39 is 0 Å². The Morgan fingerprint density at radius 2 is 1.50 bits per heavy atom. The van der Waals surface area contributed by atoms with Crippen molar-refractivity contribution in [2.75, 3.05) is 7.11 Å². The fourth-order valence-corrected chi connectivity index (χ4v) is 3.91. The number of unbranched alkanes of at least 4 members (excludes halogenated alkanes) is 5. The molecule has 0 aromatic carbocycles. The Balaban J connectivity index is 2.27. The Morgan fingerprint density at radius 3 is 2.07 bits per heavy atom. The van der Waals surface area contributed by atoms with E-state index in [4.69, 9.17) is 4.74 Å². The van der Waals surface area contributed by atoms with Crippen LogP contribution in [-0.4, -0.2) is 25.2 Å². The lowest BCUT2D eigenvalue weighted by Crippen LogP contribution is -2.30. The van der Waals surface area contributed by atoms with Gasteiger partial charge in [-0.15, -0.1) is 0 Å². The summed E-state index contributed by atoms with van der Waals surface area (Å²) in [6.45, 7) is 11.2. The summed E-state index contributed by atoms with van der Waals surface area (Å²) >= 11 is 0. The third kappa shape index (κ3) is 9.75. The van der Waals surface area contributed by atoms with Crippen molar-refractivity contribution in [1.82, 2.24) is 0 Å². The lowest BCUT2D eigenvalue weighted by Gasteiger charge is -2.37. The normalized spacial score (nSPS) is 21.2. The molecule has 1 unspecified atom stereocenters. The number of rotatable bonds is 10. The minimum Gasteiger partial charge on any atom is -0.469 e. The Hall–Kier alpha value is -1.32. The highest BCUT2D eigenvalue weighted by molar-refractivity contribution is 5.69. The lowest BCUT2D eigenvalue weighted by atomic mass is 9.72. The molecule has 1 aliphatic carbocycles. The van der Waals surface area contributed by atoms with Crippen molar-refractivity contribution in [2.45, 2.75) is 111 Å². The molecule has 4 heteroatoms. The summed E-state index contributed by atoms with van der Waals surface area (Å²) in [5.41, 5.74) is 1.61. The highest BCUT2D eigenvalue weighted by Gasteiger charge is 2.32. The highest BCUT2D eigenvalue weighted by atomic mass is 16.5. The van der Waals surface area contributed by atoms with E-state index in [0.29, 0.717) is 12.8 Å². The van der Waals surface area contributed by atoms with Crippen molar-refractivity contribution < 1.29 is 19.1 Å². The topological polar surface area (TPSA) is 52.6 Å². The second kappa shape index (κ2) is 11.6. The first-order valence-corrected chi connectivity index (χ1v) is 11.0. The molecule has 0 saturated carbocycles. The average molecular weight is 395 g/mol. The molecule has 0 fully saturated rings. The third-order valence-corrected chi connectivity index (χ3v) is 6.06. The Bertz CT molecular complexity index is 531. The minimum absolute atomic E-state index is 0.0174. The van der Waals surface area contributed by atoms with E-state index in [0.717, 1.165) is 57.8 Å². The van der Waals surface area contributed by atoms with Crippen LogP contribution in [0.1, 0.15) is 105 Å². The van der Waals surface area contributed by atoms with Crippen LogP contribution in [0.2, 0.25) is 0 Å². The summed E-state index contributed by atoms with van der Waals surface area (Å²) in [6, 6.07) is 0. The summed E-state index contributed by atoms with van der Waals surface area (Å²) in [4.78, 5) is 23.4. The van der Waals surface area contributed by atoms with E-state index in [1.165, 1.54) is 12.7 Å². The van der Waals surface area contributed by atoms with Crippen LogP contribution in [0, 0.1) is 10.8 Å². The van der Waals surface area contributed by atoms with Gasteiger partial charge in [0.25, 0.3) is 0 Å². The van der Waals surface area contributed by atoms with Crippen LogP contribution in [0.5, 0.6) is 0 Å². The zero-order chi connectivity index (χ0) is 21.2. The minimum atomic E-state index is -0.130. The Morgan fingerprint density at radius 1 is 0.964 bits per heavy atom. The quantitative estimate of drug-likeness (QED) is 0.245. The molecule has 1 rings (SSSR count). The maximum atomic E-state index is 12.3. The van der Waals surface area contributed by atoms with Crippen molar-refractivity contribution in [3.05, 3.63) is 11.6 Å². The van der Waals surface area contributed by atoms with E-state index in [2.05, 4.69) is 45.4 Å². The van der Waals surface area contributed by atoms with Crippen LogP contribution in [0.15, 0.2) is 11.6 Å². The summed E-state index contributed by atoms with van der Waals surface area (Å²) < 4.78 is 10.5. The van der Waals surface area contributed by atoms with Gasteiger partial charge in [-0.25, -0.2) is 0 Å². The Kier molecular flexibility index (Phi) is 10.3. The van der Waals surface area contributed by atoms with Crippen LogP contribution in [0.3, 0.4) is 0 Å². The number of ether oxygens (including phenoxy) is 2. The van der Waals surface area contributed by atoms with Crippen molar-refractivity contribution in [3.8, 4) is 0 Å². The summed E-state index contributed by atoms with van der Waals surface area (Å²) in [6.07, 6.45) is 12.4. The third-order valence-electron chi connectivity index (χ3n) is 6.06. The van der Waals surface area contributed by atoms with Gasteiger partial charge in [-0.05, 0) is 49.9 Å². The zero-order valence-corrected chi connectivity index (χ0v) is 19.1. The van der Waals surface area contributed by atoms with E-state index in [9.17, 15) is 9.59 Å². The van der Waals surface area contributed by atoms with Gasteiger partial charge in [0.05, 0.1) is 7.11 Å².